The number of allylic oxidation sites excluding steroid dienone is 8. The van der Waals surface area contributed by atoms with Gasteiger partial charge in [0.15, 0.2) is 0 Å². The molecular weight excluding hydrogens is 879 g/mol. The largest absolute Gasteiger partial charge is 0.394 e. The fraction of sp³-hybridized carbons (Fsp3) is 0.868. The third-order valence-corrected chi connectivity index (χ3v) is 15.4. The first-order valence-corrected chi connectivity index (χ1v) is 32.8. The van der Waals surface area contributed by atoms with Crippen molar-refractivity contribution in [2.75, 3.05) is 6.61 Å². The van der Waals surface area contributed by atoms with E-state index in [2.05, 4.69) is 67.8 Å². The summed E-state index contributed by atoms with van der Waals surface area (Å²) in [5.41, 5.74) is 0. The highest BCUT2D eigenvalue weighted by Gasteiger charge is 2.20. The Kier molecular flexibility index (Phi) is 62.2. The van der Waals surface area contributed by atoms with Crippen LogP contribution in [-0.4, -0.2) is 34.9 Å². The number of nitrogens with one attached hydrogen (secondary N) is 1. The van der Waals surface area contributed by atoms with Crippen molar-refractivity contribution in [3.63, 3.8) is 0 Å². The SMILES string of the molecule is CC/C=C\C/C=C\C/C=C\C/C=C\CCCCCCCCCCCCCCCCCCCCCCCCCCCCC(=O)NC(CO)C(O)CCCCCCCCCCCCCCCCCCCCCCC. The van der Waals surface area contributed by atoms with Gasteiger partial charge in [-0.25, -0.2) is 0 Å². The summed E-state index contributed by atoms with van der Waals surface area (Å²) in [6.07, 6.45) is 88.7. The summed E-state index contributed by atoms with van der Waals surface area (Å²) in [6.45, 7) is 4.28. The van der Waals surface area contributed by atoms with Crippen LogP contribution in [-0.2, 0) is 4.79 Å². The summed E-state index contributed by atoms with van der Waals surface area (Å²) in [6, 6.07) is -0.535. The molecule has 424 valence electrons. The quantitative estimate of drug-likeness (QED) is 0.0420. The van der Waals surface area contributed by atoms with Crippen molar-refractivity contribution in [1.82, 2.24) is 5.32 Å². The molecule has 0 aliphatic rings. The summed E-state index contributed by atoms with van der Waals surface area (Å²) in [5.74, 6) is -0.0233. The van der Waals surface area contributed by atoms with Crippen LogP contribution in [0.25, 0.3) is 0 Å². The molecule has 0 saturated carbocycles. The molecule has 0 saturated heterocycles. The van der Waals surface area contributed by atoms with E-state index in [0.717, 1.165) is 51.4 Å². The van der Waals surface area contributed by atoms with Gasteiger partial charge >= 0.3 is 0 Å². The molecule has 0 heterocycles. The van der Waals surface area contributed by atoms with Crippen molar-refractivity contribution in [3.05, 3.63) is 48.6 Å². The van der Waals surface area contributed by atoms with Crippen molar-refractivity contribution >= 4 is 5.91 Å². The van der Waals surface area contributed by atoms with Crippen LogP contribution in [0, 0.1) is 0 Å². The number of hydrogen-bond donors (Lipinski definition) is 3. The van der Waals surface area contributed by atoms with E-state index in [9.17, 15) is 15.0 Å². The minimum absolute atomic E-state index is 0.0233. The molecule has 0 aliphatic carbocycles. The molecular formula is C68H129NO3. The topological polar surface area (TPSA) is 69.6 Å². The lowest BCUT2D eigenvalue weighted by molar-refractivity contribution is -0.123. The second kappa shape index (κ2) is 63.6. The summed E-state index contributed by atoms with van der Waals surface area (Å²) in [4.78, 5) is 12.5. The van der Waals surface area contributed by atoms with Crippen LogP contribution < -0.4 is 5.32 Å². The highest BCUT2D eigenvalue weighted by atomic mass is 16.3. The van der Waals surface area contributed by atoms with E-state index in [0.29, 0.717) is 12.8 Å². The lowest BCUT2D eigenvalue weighted by Gasteiger charge is -2.22. The molecule has 2 atom stereocenters. The Morgan fingerprint density at radius 2 is 0.611 bits per heavy atom. The summed E-state index contributed by atoms with van der Waals surface area (Å²) < 4.78 is 0. The lowest BCUT2D eigenvalue weighted by Crippen LogP contribution is -2.45. The van der Waals surface area contributed by atoms with Gasteiger partial charge in [0, 0.05) is 6.42 Å². The van der Waals surface area contributed by atoms with E-state index < -0.39 is 12.1 Å². The minimum Gasteiger partial charge on any atom is -0.394 e. The molecule has 0 rings (SSSR count). The average molecular weight is 1010 g/mol. The maximum absolute atomic E-state index is 12.5. The zero-order chi connectivity index (χ0) is 52.0. The van der Waals surface area contributed by atoms with E-state index in [4.69, 9.17) is 0 Å². The van der Waals surface area contributed by atoms with Crippen LogP contribution in [0.1, 0.15) is 361 Å². The molecule has 0 aliphatic heterocycles. The zero-order valence-electron chi connectivity index (χ0n) is 49.0. The Bertz CT molecular complexity index is 1140. The van der Waals surface area contributed by atoms with E-state index >= 15 is 0 Å². The molecule has 0 fully saturated rings. The predicted octanol–water partition coefficient (Wildman–Crippen LogP) is 22.2. The molecule has 0 aromatic heterocycles. The van der Waals surface area contributed by atoms with Gasteiger partial charge in [0.25, 0.3) is 0 Å². The van der Waals surface area contributed by atoms with E-state index in [-0.39, 0.29) is 12.5 Å². The van der Waals surface area contributed by atoms with Gasteiger partial charge in [-0.1, -0.05) is 351 Å². The van der Waals surface area contributed by atoms with Gasteiger partial charge in [-0.3, -0.25) is 4.79 Å². The standard InChI is InChI=1S/C68H129NO3/c1-3-5-7-9-11-13-15-17-19-21-23-25-26-27-28-29-30-31-32-33-34-35-36-37-38-39-40-41-42-44-46-48-50-52-54-56-58-60-62-64-68(72)69-66(65-70)67(71)63-61-59-57-55-53-51-49-47-45-43-24-22-20-18-16-14-12-10-8-6-4-2/h5,7,11,13,17,19,23,25,66-67,70-71H,3-4,6,8-10,12,14-16,18,20-22,24,26-65H2,1-2H3,(H,69,72)/b7-5-,13-11-,19-17-,25-23-. The van der Waals surface area contributed by atoms with Crippen LogP contribution in [0.5, 0.6) is 0 Å². The Morgan fingerprint density at radius 1 is 0.347 bits per heavy atom. The van der Waals surface area contributed by atoms with Crippen molar-refractivity contribution in [2.45, 2.75) is 373 Å². The van der Waals surface area contributed by atoms with Crippen LogP contribution >= 0.6 is 0 Å². The number of hydrogen-bond acceptors (Lipinski definition) is 3. The zero-order valence-corrected chi connectivity index (χ0v) is 49.0. The number of unbranched alkanes of at least 4 members (excludes halogenated alkanes) is 46. The number of aliphatic hydroxyl groups is 2. The van der Waals surface area contributed by atoms with E-state index in [1.54, 1.807) is 0 Å². The monoisotopic (exact) mass is 1010 g/mol. The molecule has 0 radical (unpaired) electrons. The number of aliphatic hydroxyl groups excluding tert-OH is 2. The first-order valence-electron chi connectivity index (χ1n) is 32.8. The van der Waals surface area contributed by atoms with Gasteiger partial charge < -0.3 is 15.5 Å². The van der Waals surface area contributed by atoms with Crippen molar-refractivity contribution in [3.8, 4) is 0 Å². The number of amides is 1. The number of carbonyl (C=O) groups excluding carboxylic acids is 1. The van der Waals surface area contributed by atoms with Gasteiger partial charge in [0.05, 0.1) is 18.8 Å². The van der Waals surface area contributed by atoms with Crippen LogP contribution in [0.4, 0.5) is 0 Å². The second-order valence-electron chi connectivity index (χ2n) is 22.5. The molecule has 0 aromatic carbocycles. The fourth-order valence-corrected chi connectivity index (χ4v) is 10.4. The summed E-state index contributed by atoms with van der Waals surface area (Å²) in [7, 11) is 0. The molecule has 0 spiro atoms. The number of carbonyl (C=O) groups is 1. The van der Waals surface area contributed by atoms with Crippen LogP contribution in [0.3, 0.4) is 0 Å². The van der Waals surface area contributed by atoms with Crippen LogP contribution in [0.15, 0.2) is 48.6 Å². The van der Waals surface area contributed by atoms with Crippen molar-refractivity contribution in [2.24, 2.45) is 0 Å². The normalized spacial score (nSPS) is 13.0. The Labute approximate surface area is 452 Å². The van der Waals surface area contributed by atoms with Crippen molar-refractivity contribution < 1.29 is 15.0 Å². The first kappa shape index (κ1) is 70.3. The molecule has 1 amide bonds. The number of rotatable bonds is 61. The Balaban J connectivity index is 3.37. The lowest BCUT2D eigenvalue weighted by atomic mass is 10.0. The van der Waals surface area contributed by atoms with E-state index in [1.807, 2.05) is 0 Å². The fourth-order valence-electron chi connectivity index (χ4n) is 10.4. The highest BCUT2D eigenvalue weighted by Crippen LogP contribution is 2.19. The van der Waals surface area contributed by atoms with E-state index in [1.165, 1.54) is 283 Å². The van der Waals surface area contributed by atoms with Crippen LogP contribution in [0.2, 0.25) is 0 Å². The molecule has 4 nitrogen and oxygen atoms in total. The van der Waals surface area contributed by atoms with Gasteiger partial charge in [0.2, 0.25) is 5.91 Å². The predicted molar refractivity (Wildman–Crippen MR) is 322 cm³/mol. The average Bonchev–Trinajstić information content (AvgIpc) is 3.39. The Morgan fingerprint density at radius 3 is 0.917 bits per heavy atom. The molecule has 0 bridgehead atoms. The molecule has 72 heavy (non-hydrogen) atoms. The molecule has 0 aromatic rings. The van der Waals surface area contributed by atoms with Crippen molar-refractivity contribution in [1.29, 1.82) is 0 Å². The summed E-state index contributed by atoms with van der Waals surface area (Å²) >= 11 is 0. The molecule has 3 N–H and O–H groups in total. The first-order chi connectivity index (χ1) is 35.7. The Hall–Kier alpha value is -1.65. The highest BCUT2D eigenvalue weighted by molar-refractivity contribution is 5.76. The maximum atomic E-state index is 12.5. The van der Waals surface area contributed by atoms with Gasteiger partial charge in [-0.2, -0.15) is 0 Å². The minimum atomic E-state index is -0.659. The summed E-state index contributed by atoms with van der Waals surface area (Å²) in [5, 5.41) is 23.4. The second-order valence-corrected chi connectivity index (χ2v) is 22.5. The van der Waals surface area contributed by atoms with Gasteiger partial charge in [-0.05, 0) is 51.4 Å². The smallest absolute Gasteiger partial charge is 0.220 e. The van der Waals surface area contributed by atoms with Gasteiger partial charge in [0.1, 0.15) is 0 Å². The third kappa shape index (κ3) is 59.2. The van der Waals surface area contributed by atoms with Gasteiger partial charge in [-0.15, -0.1) is 0 Å². The maximum Gasteiger partial charge on any atom is 0.220 e. The third-order valence-electron chi connectivity index (χ3n) is 15.4. The molecule has 2 unspecified atom stereocenters. The molecule has 4 heteroatoms.